The van der Waals surface area contributed by atoms with Gasteiger partial charge >= 0.3 is 0 Å². The molecule has 0 aliphatic heterocycles. The van der Waals surface area contributed by atoms with Crippen molar-refractivity contribution in [2.24, 2.45) is 7.05 Å². The van der Waals surface area contributed by atoms with Crippen LogP contribution in [0, 0.1) is 10.1 Å². The normalized spacial score (nSPS) is 10.2. The summed E-state index contributed by atoms with van der Waals surface area (Å²) in [6.45, 7) is 0.314. The Balaban J connectivity index is 2.17. The van der Waals surface area contributed by atoms with Gasteiger partial charge in [-0.05, 0) is 12.1 Å². The summed E-state index contributed by atoms with van der Waals surface area (Å²) in [7, 11) is 3.22. The number of aromatic nitrogens is 3. The number of benzene rings is 1. The third kappa shape index (κ3) is 2.97. The second-order valence-electron chi connectivity index (χ2n) is 3.83. The van der Waals surface area contributed by atoms with E-state index in [1.54, 1.807) is 30.2 Å². The Kier molecular flexibility index (Phi) is 3.60. The highest BCUT2D eigenvalue weighted by Crippen LogP contribution is 2.29. The van der Waals surface area contributed by atoms with E-state index in [1.165, 1.54) is 13.2 Å². The molecule has 0 aliphatic carbocycles. The first-order valence-corrected chi connectivity index (χ1v) is 5.51. The first kappa shape index (κ1) is 12.8. The van der Waals surface area contributed by atoms with Crippen LogP contribution in [0.5, 0.6) is 5.75 Å². The fourth-order valence-electron chi connectivity index (χ4n) is 1.58. The molecule has 8 heteroatoms. The van der Waals surface area contributed by atoms with Gasteiger partial charge in [-0.25, -0.2) is 4.98 Å². The van der Waals surface area contributed by atoms with Crippen molar-refractivity contribution in [1.29, 1.82) is 0 Å². The zero-order valence-corrected chi connectivity index (χ0v) is 10.5. The van der Waals surface area contributed by atoms with Crippen molar-refractivity contribution >= 4 is 11.4 Å². The average molecular weight is 263 g/mol. The number of ether oxygens (including phenoxy) is 1. The standard InChI is InChI=1S/C11H13N5O3/c1-15-7-13-11(14-15)6-12-9-4-3-8(19-2)5-10(9)16(17)18/h3-5,7,12H,6H2,1-2H3. The third-order valence-electron chi connectivity index (χ3n) is 2.49. The summed E-state index contributed by atoms with van der Waals surface area (Å²) in [5.41, 5.74) is 0.355. The summed E-state index contributed by atoms with van der Waals surface area (Å²) in [5, 5.41) is 18.0. The van der Waals surface area contributed by atoms with Gasteiger partial charge < -0.3 is 10.1 Å². The molecule has 1 aromatic heterocycles. The van der Waals surface area contributed by atoms with Crippen molar-refractivity contribution in [2.75, 3.05) is 12.4 Å². The van der Waals surface area contributed by atoms with Gasteiger partial charge in [0, 0.05) is 7.05 Å². The molecule has 2 aromatic rings. The van der Waals surface area contributed by atoms with Crippen LogP contribution in [0.25, 0.3) is 0 Å². The molecule has 0 amide bonds. The Labute approximate surface area is 109 Å². The highest BCUT2D eigenvalue weighted by molar-refractivity contribution is 5.63. The average Bonchev–Trinajstić information content (AvgIpc) is 2.82. The van der Waals surface area contributed by atoms with Gasteiger partial charge in [0.05, 0.1) is 24.6 Å². The van der Waals surface area contributed by atoms with Gasteiger partial charge in [0.2, 0.25) is 0 Å². The Morgan fingerprint density at radius 3 is 2.89 bits per heavy atom. The summed E-state index contributed by atoms with van der Waals surface area (Å²) < 4.78 is 6.53. The Bertz CT molecular complexity index is 596. The van der Waals surface area contributed by atoms with Crippen LogP contribution in [0.4, 0.5) is 11.4 Å². The fourth-order valence-corrected chi connectivity index (χ4v) is 1.58. The molecular formula is C11H13N5O3. The molecule has 1 heterocycles. The lowest BCUT2D eigenvalue weighted by molar-refractivity contribution is -0.384. The monoisotopic (exact) mass is 263 g/mol. The van der Waals surface area contributed by atoms with Crippen LogP contribution in [0.2, 0.25) is 0 Å². The van der Waals surface area contributed by atoms with E-state index in [0.29, 0.717) is 23.8 Å². The van der Waals surface area contributed by atoms with Crippen molar-refractivity contribution in [3.05, 3.63) is 40.5 Å². The number of aryl methyl sites for hydroxylation is 1. The molecule has 19 heavy (non-hydrogen) atoms. The van der Waals surface area contributed by atoms with E-state index in [2.05, 4.69) is 15.4 Å². The maximum atomic E-state index is 11.0. The zero-order valence-electron chi connectivity index (χ0n) is 10.5. The van der Waals surface area contributed by atoms with Crippen molar-refractivity contribution in [1.82, 2.24) is 14.8 Å². The minimum absolute atomic E-state index is 0.0460. The van der Waals surface area contributed by atoms with E-state index in [-0.39, 0.29) is 5.69 Å². The molecule has 0 atom stereocenters. The summed E-state index contributed by atoms with van der Waals surface area (Å²) >= 11 is 0. The van der Waals surface area contributed by atoms with Crippen LogP contribution in [0.15, 0.2) is 24.5 Å². The van der Waals surface area contributed by atoms with Crippen LogP contribution in [-0.4, -0.2) is 26.8 Å². The second kappa shape index (κ2) is 5.34. The van der Waals surface area contributed by atoms with Crippen LogP contribution in [-0.2, 0) is 13.6 Å². The lowest BCUT2D eigenvalue weighted by atomic mass is 10.2. The molecular weight excluding hydrogens is 250 g/mol. The van der Waals surface area contributed by atoms with Gasteiger partial charge in [0.25, 0.3) is 5.69 Å². The molecule has 1 aromatic carbocycles. The van der Waals surface area contributed by atoms with E-state index >= 15 is 0 Å². The molecule has 0 spiro atoms. The summed E-state index contributed by atoms with van der Waals surface area (Å²) in [4.78, 5) is 14.6. The topological polar surface area (TPSA) is 95.1 Å². The third-order valence-corrected chi connectivity index (χ3v) is 2.49. The molecule has 0 unspecified atom stereocenters. The van der Waals surface area contributed by atoms with Crippen LogP contribution >= 0.6 is 0 Å². The molecule has 0 fully saturated rings. The number of hydrogen-bond acceptors (Lipinski definition) is 6. The number of nitro groups is 1. The van der Waals surface area contributed by atoms with E-state index in [4.69, 9.17) is 4.74 Å². The van der Waals surface area contributed by atoms with Crippen molar-refractivity contribution < 1.29 is 9.66 Å². The number of rotatable bonds is 5. The molecule has 1 N–H and O–H groups in total. The van der Waals surface area contributed by atoms with E-state index in [0.717, 1.165) is 0 Å². The van der Waals surface area contributed by atoms with E-state index in [9.17, 15) is 10.1 Å². The van der Waals surface area contributed by atoms with Crippen LogP contribution in [0.3, 0.4) is 0 Å². The summed E-state index contributed by atoms with van der Waals surface area (Å²) in [6, 6.07) is 4.62. The Hall–Kier alpha value is -2.64. The molecule has 0 saturated carbocycles. The Morgan fingerprint density at radius 1 is 1.53 bits per heavy atom. The molecule has 0 saturated heterocycles. The molecule has 8 nitrogen and oxygen atoms in total. The van der Waals surface area contributed by atoms with Gasteiger partial charge in [0.15, 0.2) is 5.82 Å². The number of methoxy groups -OCH3 is 1. The quantitative estimate of drug-likeness (QED) is 0.646. The minimum atomic E-state index is -0.462. The first-order valence-electron chi connectivity index (χ1n) is 5.51. The van der Waals surface area contributed by atoms with Gasteiger partial charge in [-0.15, -0.1) is 0 Å². The zero-order chi connectivity index (χ0) is 13.8. The van der Waals surface area contributed by atoms with Crippen molar-refractivity contribution in [3.63, 3.8) is 0 Å². The minimum Gasteiger partial charge on any atom is -0.496 e. The first-order chi connectivity index (χ1) is 9.10. The molecule has 2 rings (SSSR count). The lowest BCUT2D eigenvalue weighted by Crippen LogP contribution is -2.04. The van der Waals surface area contributed by atoms with Crippen LogP contribution in [0.1, 0.15) is 5.82 Å². The number of nitro benzene ring substituents is 1. The van der Waals surface area contributed by atoms with Gasteiger partial charge in [-0.3, -0.25) is 14.8 Å². The largest absolute Gasteiger partial charge is 0.496 e. The van der Waals surface area contributed by atoms with Gasteiger partial charge in [0.1, 0.15) is 17.8 Å². The number of anilines is 1. The summed E-state index contributed by atoms with van der Waals surface area (Å²) in [6.07, 6.45) is 1.57. The highest BCUT2D eigenvalue weighted by Gasteiger charge is 2.15. The smallest absolute Gasteiger partial charge is 0.296 e. The SMILES string of the molecule is COc1ccc(NCc2ncn(C)n2)c([N+](=O)[O-])c1. The molecule has 0 bridgehead atoms. The van der Waals surface area contributed by atoms with Gasteiger partial charge in [-0.2, -0.15) is 5.10 Å². The molecule has 0 aliphatic rings. The van der Waals surface area contributed by atoms with E-state index in [1.807, 2.05) is 0 Å². The lowest BCUT2D eigenvalue weighted by Gasteiger charge is -2.06. The number of hydrogen-bond donors (Lipinski definition) is 1. The summed E-state index contributed by atoms with van der Waals surface area (Å²) in [5.74, 6) is 1.00. The van der Waals surface area contributed by atoms with Gasteiger partial charge in [-0.1, -0.05) is 0 Å². The van der Waals surface area contributed by atoms with Crippen LogP contribution < -0.4 is 10.1 Å². The van der Waals surface area contributed by atoms with Crippen molar-refractivity contribution in [3.8, 4) is 5.75 Å². The molecule has 100 valence electrons. The van der Waals surface area contributed by atoms with Crippen molar-refractivity contribution in [2.45, 2.75) is 6.54 Å². The maximum Gasteiger partial charge on any atom is 0.296 e. The molecule has 0 radical (unpaired) electrons. The maximum absolute atomic E-state index is 11.0. The predicted molar refractivity (Wildman–Crippen MR) is 68.0 cm³/mol. The van der Waals surface area contributed by atoms with E-state index < -0.39 is 4.92 Å². The predicted octanol–water partition coefficient (Wildman–Crippen LogP) is 1.34. The number of nitrogens with one attached hydrogen (secondary N) is 1. The highest BCUT2D eigenvalue weighted by atomic mass is 16.6. The fraction of sp³-hybridized carbons (Fsp3) is 0.273. The second-order valence-corrected chi connectivity index (χ2v) is 3.83. The Morgan fingerprint density at radius 2 is 2.32 bits per heavy atom. The number of nitrogens with zero attached hydrogens (tertiary/aromatic N) is 4.